The SMILES string of the molecule is Cc1ccc(C(=O)N(CCCN)C(c2nc3c(sc4ccc(F)cc43)c(=O)n2Cc2ccccc2)C(C)C)cc1F. The number of carbonyl (C=O) groups excluding carboxylic acids is 1. The van der Waals surface area contributed by atoms with Gasteiger partial charge >= 0.3 is 0 Å². The zero-order chi connectivity index (χ0) is 29.3. The number of fused-ring (bicyclic) bond motifs is 3. The van der Waals surface area contributed by atoms with Crippen LogP contribution < -0.4 is 11.3 Å². The van der Waals surface area contributed by atoms with E-state index < -0.39 is 17.7 Å². The highest BCUT2D eigenvalue weighted by Crippen LogP contribution is 2.35. The Hall–Kier alpha value is -3.95. The molecule has 6 nitrogen and oxygen atoms in total. The van der Waals surface area contributed by atoms with Gasteiger partial charge in [0.1, 0.15) is 22.2 Å². The molecule has 0 aliphatic rings. The third-order valence-electron chi connectivity index (χ3n) is 7.26. The number of nitrogens with zero attached hydrogens (tertiary/aromatic N) is 3. The normalized spacial score (nSPS) is 12.4. The largest absolute Gasteiger partial charge is 0.330 e. The Bertz CT molecular complexity index is 1780. The molecule has 0 saturated carbocycles. The first-order chi connectivity index (χ1) is 19.7. The molecule has 1 unspecified atom stereocenters. The van der Waals surface area contributed by atoms with Crippen LogP contribution in [-0.2, 0) is 6.54 Å². The summed E-state index contributed by atoms with van der Waals surface area (Å²) in [4.78, 5) is 34.8. The van der Waals surface area contributed by atoms with Crippen LogP contribution in [0.4, 0.5) is 8.78 Å². The Morgan fingerprint density at radius 2 is 1.83 bits per heavy atom. The highest BCUT2D eigenvalue weighted by atomic mass is 32.1. The summed E-state index contributed by atoms with van der Waals surface area (Å²) in [5.74, 6) is -1.06. The minimum absolute atomic E-state index is 0.181. The zero-order valence-corrected chi connectivity index (χ0v) is 24.1. The first kappa shape index (κ1) is 28.6. The van der Waals surface area contributed by atoms with Crippen molar-refractivity contribution in [2.24, 2.45) is 11.7 Å². The zero-order valence-electron chi connectivity index (χ0n) is 23.2. The average molecular weight is 575 g/mol. The number of hydrogen-bond acceptors (Lipinski definition) is 5. The number of amides is 1. The van der Waals surface area contributed by atoms with Crippen LogP contribution in [0.2, 0.25) is 0 Å². The van der Waals surface area contributed by atoms with Crippen molar-refractivity contribution in [1.82, 2.24) is 14.5 Å². The first-order valence-corrected chi connectivity index (χ1v) is 14.4. The standard InChI is InChI=1S/C32H32F2N4O2S/c1-19(2)28(37(15-7-14-35)31(39)22-11-10-20(3)25(34)16-22)30-36-27-24-17-23(33)12-13-26(24)41-29(27)32(40)38(30)18-21-8-5-4-6-9-21/h4-6,8-13,16-17,19,28H,7,14-15,18,35H2,1-3H3. The molecule has 1 atom stereocenters. The first-order valence-electron chi connectivity index (χ1n) is 13.6. The average Bonchev–Trinajstić information content (AvgIpc) is 3.32. The molecular weight excluding hydrogens is 542 g/mol. The van der Waals surface area contributed by atoms with Crippen LogP contribution in [0.5, 0.6) is 0 Å². The minimum Gasteiger partial charge on any atom is -0.330 e. The summed E-state index contributed by atoms with van der Waals surface area (Å²) in [5, 5.41) is 0.554. The predicted molar refractivity (Wildman–Crippen MR) is 160 cm³/mol. The van der Waals surface area contributed by atoms with Crippen molar-refractivity contribution < 1.29 is 13.6 Å². The monoisotopic (exact) mass is 574 g/mol. The molecule has 41 heavy (non-hydrogen) atoms. The van der Waals surface area contributed by atoms with Crippen LogP contribution in [0, 0.1) is 24.5 Å². The van der Waals surface area contributed by atoms with E-state index in [0.717, 1.165) is 10.3 Å². The second kappa shape index (κ2) is 11.9. The van der Waals surface area contributed by atoms with Crippen molar-refractivity contribution in [2.75, 3.05) is 13.1 Å². The fourth-order valence-corrected chi connectivity index (χ4v) is 6.25. The second-order valence-electron chi connectivity index (χ2n) is 10.6. The topological polar surface area (TPSA) is 81.2 Å². The predicted octanol–water partition coefficient (Wildman–Crippen LogP) is 6.43. The quantitative estimate of drug-likeness (QED) is 0.220. The summed E-state index contributed by atoms with van der Waals surface area (Å²) in [6.07, 6.45) is 0.501. The summed E-state index contributed by atoms with van der Waals surface area (Å²) in [6, 6.07) is 17.8. The van der Waals surface area contributed by atoms with E-state index in [-0.39, 0.29) is 36.0 Å². The maximum absolute atomic E-state index is 14.5. The van der Waals surface area contributed by atoms with Gasteiger partial charge in [-0.1, -0.05) is 50.2 Å². The molecule has 1 amide bonds. The van der Waals surface area contributed by atoms with Crippen molar-refractivity contribution in [1.29, 1.82) is 0 Å². The van der Waals surface area contributed by atoms with Crippen LogP contribution in [-0.4, -0.2) is 33.4 Å². The van der Waals surface area contributed by atoms with Gasteiger partial charge in [-0.25, -0.2) is 13.8 Å². The lowest BCUT2D eigenvalue weighted by atomic mass is 9.98. The smallest absolute Gasteiger partial charge is 0.271 e. The van der Waals surface area contributed by atoms with Crippen molar-refractivity contribution in [3.63, 3.8) is 0 Å². The van der Waals surface area contributed by atoms with E-state index in [0.29, 0.717) is 40.0 Å². The van der Waals surface area contributed by atoms with Gasteiger partial charge in [-0.3, -0.25) is 14.2 Å². The summed E-state index contributed by atoms with van der Waals surface area (Å²) < 4.78 is 31.6. The van der Waals surface area contributed by atoms with Gasteiger partial charge < -0.3 is 10.6 Å². The van der Waals surface area contributed by atoms with Gasteiger partial charge in [-0.05, 0) is 67.3 Å². The van der Waals surface area contributed by atoms with Crippen LogP contribution >= 0.6 is 11.3 Å². The summed E-state index contributed by atoms with van der Waals surface area (Å²) in [5.41, 5.74) is 7.56. The molecule has 2 heterocycles. The third-order valence-corrected chi connectivity index (χ3v) is 8.41. The van der Waals surface area contributed by atoms with Gasteiger partial charge in [0.15, 0.2) is 0 Å². The second-order valence-corrected chi connectivity index (χ2v) is 11.6. The fraction of sp³-hybridized carbons (Fsp3) is 0.281. The minimum atomic E-state index is -0.650. The maximum atomic E-state index is 14.5. The molecule has 2 aromatic heterocycles. The molecule has 2 N–H and O–H groups in total. The lowest BCUT2D eigenvalue weighted by Crippen LogP contribution is -2.42. The van der Waals surface area contributed by atoms with Gasteiger partial charge in [0.2, 0.25) is 0 Å². The number of carbonyl (C=O) groups is 1. The number of thiophene rings is 1. The third kappa shape index (κ3) is 5.64. The molecule has 5 rings (SSSR count). The molecule has 212 valence electrons. The molecule has 0 aliphatic heterocycles. The Balaban J connectivity index is 1.76. The van der Waals surface area contributed by atoms with E-state index in [4.69, 9.17) is 10.7 Å². The molecule has 0 bridgehead atoms. The summed E-state index contributed by atoms with van der Waals surface area (Å²) in [6.45, 7) is 6.42. The van der Waals surface area contributed by atoms with Crippen molar-refractivity contribution in [2.45, 2.75) is 39.8 Å². The highest BCUT2D eigenvalue weighted by molar-refractivity contribution is 7.25. The summed E-state index contributed by atoms with van der Waals surface area (Å²) in [7, 11) is 0. The van der Waals surface area contributed by atoms with Crippen molar-refractivity contribution in [3.05, 3.63) is 111 Å². The number of rotatable bonds is 9. The molecule has 0 fully saturated rings. The van der Waals surface area contributed by atoms with Crippen LogP contribution in [0.1, 0.15) is 53.6 Å². The van der Waals surface area contributed by atoms with Gasteiger partial charge in [0.25, 0.3) is 11.5 Å². The van der Waals surface area contributed by atoms with E-state index in [1.54, 1.807) is 34.6 Å². The van der Waals surface area contributed by atoms with E-state index in [9.17, 15) is 18.4 Å². The lowest BCUT2D eigenvalue weighted by Gasteiger charge is -2.35. The Morgan fingerprint density at radius 1 is 1.07 bits per heavy atom. The number of aromatic nitrogens is 2. The molecule has 3 aromatic carbocycles. The Kier molecular flexibility index (Phi) is 8.28. The number of nitrogens with two attached hydrogens (primary N) is 1. The number of hydrogen-bond donors (Lipinski definition) is 1. The molecular formula is C32H32F2N4O2S. The van der Waals surface area contributed by atoms with E-state index in [2.05, 4.69) is 0 Å². The Labute approximate surface area is 241 Å². The van der Waals surface area contributed by atoms with E-state index in [1.807, 2.05) is 44.2 Å². The van der Waals surface area contributed by atoms with Crippen molar-refractivity contribution in [3.8, 4) is 0 Å². The van der Waals surface area contributed by atoms with Gasteiger partial charge in [0.05, 0.1) is 18.1 Å². The summed E-state index contributed by atoms with van der Waals surface area (Å²) >= 11 is 1.28. The van der Waals surface area contributed by atoms with Crippen LogP contribution in [0.3, 0.4) is 0 Å². The highest BCUT2D eigenvalue weighted by Gasteiger charge is 2.33. The van der Waals surface area contributed by atoms with Gasteiger partial charge in [-0.15, -0.1) is 11.3 Å². The van der Waals surface area contributed by atoms with Gasteiger partial charge in [0, 0.05) is 22.2 Å². The van der Waals surface area contributed by atoms with Crippen LogP contribution in [0.15, 0.2) is 71.5 Å². The number of halogens is 2. The molecule has 5 aromatic rings. The molecule has 0 radical (unpaired) electrons. The van der Waals surface area contributed by atoms with Crippen LogP contribution in [0.25, 0.3) is 20.3 Å². The van der Waals surface area contributed by atoms with E-state index >= 15 is 0 Å². The number of benzene rings is 3. The Morgan fingerprint density at radius 3 is 2.51 bits per heavy atom. The molecule has 0 spiro atoms. The molecule has 9 heteroatoms. The lowest BCUT2D eigenvalue weighted by molar-refractivity contribution is 0.0602. The molecule has 0 saturated heterocycles. The molecule has 0 aliphatic carbocycles. The maximum Gasteiger partial charge on any atom is 0.271 e. The number of aryl methyl sites for hydroxylation is 1. The van der Waals surface area contributed by atoms with E-state index in [1.165, 1.54) is 29.5 Å². The fourth-order valence-electron chi connectivity index (χ4n) is 5.18. The van der Waals surface area contributed by atoms with Crippen molar-refractivity contribution >= 4 is 37.5 Å². The van der Waals surface area contributed by atoms with Gasteiger partial charge in [-0.2, -0.15) is 0 Å².